The van der Waals surface area contributed by atoms with Gasteiger partial charge in [0.15, 0.2) is 17.6 Å². The molecule has 0 aliphatic rings. The Morgan fingerprint density at radius 3 is 2.39 bits per heavy atom. The molecule has 160 valence electrons. The Morgan fingerprint density at radius 2 is 1.65 bits per heavy atom. The molecular formula is C23H20F3IN3O+. The zero-order valence-electron chi connectivity index (χ0n) is 16.3. The van der Waals surface area contributed by atoms with Crippen LogP contribution in [-0.2, 0) is 24.1 Å². The number of carbonyl (C=O) groups is 1. The average Bonchev–Trinajstić information content (AvgIpc) is 3.05. The van der Waals surface area contributed by atoms with Crippen molar-refractivity contribution in [3.8, 4) is 0 Å². The summed E-state index contributed by atoms with van der Waals surface area (Å²) < 4.78 is 42.5. The van der Waals surface area contributed by atoms with Gasteiger partial charge in [-0.1, -0.05) is 48.5 Å². The van der Waals surface area contributed by atoms with Crippen molar-refractivity contribution in [1.29, 1.82) is 0 Å². The molecule has 8 heteroatoms. The summed E-state index contributed by atoms with van der Waals surface area (Å²) >= 11 is 0. The van der Waals surface area contributed by atoms with E-state index in [-0.39, 0.29) is 36.2 Å². The maximum Gasteiger partial charge on any atom is 0.416 e. The molecule has 0 spiro atoms. The first kappa shape index (κ1) is 22.8. The number of carbonyl (C=O) groups excluding carboxylic acids is 1. The summed E-state index contributed by atoms with van der Waals surface area (Å²) in [6.45, 7) is 0.627. The van der Waals surface area contributed by atoms with Crippen LogP contribution in [0.1, 0.15) is 11.1 Å². The standard InChI is InChI=1S/C23H18F3N3O.HI/c24-23(25,26)18-9-6-10-19(13-18)27-22(30)15-29-16-28(14-17-7-2-1-3-8-17)20-11-4-5-12-21(20)29;/h1-13,16H,14-15H2;1H/p+1. The molecule has 0 aliphatic heterocycles. The first-order valence-electron chi connectivity index (χ1n) is 9.38. The van der Waals surface area contributed by atoms with Gasteiger partial charge < -0.3 is 5.32 Å². The molecule has 0 fully saturated rings. The van der Waals surface area contributed by atoms with Gasteiger partial charge in [-0.05, 0) is 35.9 Å². The Bertz CT molecular complexity index is 1190. The van der Waals surface area contributed by atoms with E-state index in [0.29, 0.717) is 6.54 Å². The van der Waals surface area contributed by atoms with E-state index in [1.807, 2.05) is 65.5 Å². The van der Waals surface area contributed by atoms with E-state index >= 15 is 0 Å². The van der Waals surface area contributed by atoms with E-state index in [0.717, 1.165) is 28.7 Å². The van der Waals surface area contributed by atoms with Gasteiger partial charge in [0.25, 0.3) is 5.91 Å². The van der Waals surface area contributed by atoms with Gasteiger partial charge in [0.1, 0.15) is 6.54 Å². The number of benzene rings is 3. The highest BCUT2D eigenvalue weighted by Crippen LogP contribution is 2.30. The number of hydrogen-bond acceptors (Lipinski definition) is 1. The van der Waals surface area contributed by atoms with Crippen LogP contribution in [0, 0.1) is 0 Å². The molecule has 1 N–H and O–H groups in total. The molecule has 0 aliphatic carbocycles. The predicted octanol–water partition coefficient (Wildman–Crippen LogP) is 5.25. The van der Waals surface area contributed by atoms with Crippen LogP contribution in [0.25, 0.3) is 11.0 Å². The number of aromatic nitrogens is 2. The van der Waals surface area contributed by atoms with E-state index in [1.54, 1.807) is 4.57 Å². The minimum Gasteiger partial charge on any atom is -0.323 e. The maximum absolute atomic E-state index is 12.9. The highest BCUT2D eigenvalue weighted by Gasteiger charge is 2.30. The van der Waals surface area contributed by atoms with Crippen molar-refractivity contribution in [2.75, 3.05) is 5.32 Å². The van der Waals surface area contributed by atoms with Crippen LogP contribution >= 0.6 is 24.0 Å². The Labute approximate surface area is 194 Å². The largest absolute Gasteiger partial charge is 0.416 e. The second-order valence-electron chi connectivity index (χ2n) is 6.97. The topological polar surface area (TPSA) is 37.9 Å². The summed E-state index contributed by atoms with van der Waals surface area (Å²) in [5.41, 5.74) is 2.27. The molecule has 1 aromatic heterocycles. The van der Waals surface area contributed by atoms with Crippen LogP contribution in [0.5, 0.6) is 0 Å². The van der Waals surface area contributed by atoms with Crippen LogP contribution in [-0.4, -0.2) is 10.5 Å². The van der Waals surface area contributed by atoms with Crippen molar-refractivity contribution in [3.05, 3.63) is 96.3 Å². The fourth-order valence-corrected chi connectivity index (χ4v) is 3.40. The fraction of sp³-hybridized carbons (Fsp3) is 0.130. The molecule has 0 bridgehead atoms. The van der Waals surface area contributed by atoms with E-state index < -0.39 is 17.6 Å². The van der Waals surface area contributed by atoms with Crippen molar-refractivity contribution in [3.63, 3.8) is 0 Å². The number of para-hydroxylation sites is 2. The molecule has 0 unspecified atom stereocenters. The van der Waals surface area contributed by atoms with Gasteiger partial charge in [-0.3, -0.25) is 4.79 Å². The zero-order chi connectivity index (χ0) is 21.1. The first-order chi connectivity index (χ1) is 14.4. The maximum atomic E-state index is 12.9. The quantitative estimate of drug-likeness (QED) is 0.274. The number of fused-ring (bicyclic) bond motifs is 1. The molecule has 0 atom stereocenters. The molecule has 31 heavy (non-hydrogen) atoms. The summed E-state index contributed by atoms with van der Waals surface area (Å²) in [6, 6.07) is 22.3. The molecule has 0 saturated heterocycles. The lowest BCUT2D eigenvalue weighted by Crippen LogP contribution is -2.33. The smallest absolute Gasteiger partial charge is 0.323 e. The third-order valence-electron chi connectivity index (χ3n) is 4.76. The van der Waals surface area contributed by atoms with Gasteiger partial charge in [0, 0.05) is 5.69 Å². The fourth-order valence-electron chi connectivity index (χ4n) is 3.40. The Hall–Kier alpha value is -2.88. The van der Waals surface area contributed by atoms with Crippen molar-refractivity contribution in [1.82, 2.24) is 4.57 Å². The minimum atomic E-state index is -4.46. The lowest BCUT2D eigenvalue weighted by Gasteiger charge is -2.09. The number of nitrogens with zero attached hydrogens (tertiary/aromatic N) is 2. The van der Waals surface area contributed by atoms with Gasteiger partial charge in [-0.2, -0.15) is 13.2 Å². The molecule has 0 saturated carbocycles. The number of amides is 1. The minimum absolute atomic E-state index is 0. The summed E-state index contributed by atoms with van der Waals surface area (Å²) in [4.78, 5) is 12.5. The predicted molar refractivity (Wildman–Crippen MR) is 123 cm³/mol. The number of halogens is 4. The highest BCUT2D eigenvalue weighted by molar-refractivity contribution is 14.0. The van der Waals surface area contributed by atoms with Crippen LogP contribution in [0.2, 0.25) is 0 Å². The molecule has 0 radical (unpaired) electrons. The van der Waals surface area contributed by atoms with Gasteiger partial charge >= 0.3 is 6.18 Å². The Kier molecular flexibility index (Phi) is 6.99. The summed E-state index contributed by atoms with van der Waals surface area (Å²) in [6.07, 6.45) is -2.61. The van der Waals surface area contributed by atoms with E-state index in [4.69, 9.17) is 0 Å². The molecule has 4 nitrogen and oxygen atoms in total. The van der Waals surface area contributed by atoms with E-state index in [9.17, 15) is 18.0 Å². The summed E-state index contributed by atoms with van der Waals surface area (Å²) in [5, 5.41) is 2.56. The number of nitrogens with one attached hydrogen (secondary N) is 1. The van der Waals surface area contributed by atoms with Crippen LogP contribution < -0.4 is 9.88 Å². The van der Waals surface area contributed by atoms with E-state index in [2.05, 4.69) is 5.32 Å². The second kappa shape index (κ2) is 9.51. The Balaban J connectivity index is 0.00000272. The highest BCUT2D eigenvalue weighted by atomic mass is 127. The van der Waals surface area contributed by atoms with Crippen molar-refractivity contribution in [2.45, 2.75) is 19.3 Å². The molecule has 1 heterocycles. The number of rotatable bonds is 5. The van der Waals surface area contributed by atoms with Gasteiger partial charge in [0.05, 0.1) is 5.56 Å². The average molecular weight is 538 g/mol. The van der Waals surface area contributed by atoms with Crippen LogP contribution in [0.15, 0.2) is 85.2 Å². The first-order valence-corrected chi connectivity index (χ1v) is 9.38. The van der Waals surface area contributed by atoms with Crippen LogP contribution in [0.4, 0.5) is 18.9 Å². The van der Waals surface area contributed by atoms with Gasteiger partial charge in [-0.25, -0.2) is 9.13 Å². The van der Waals surface area contributed by atoms with Crippen LogP contribution in [0.3, 0.4) is 0 Å². The lowest BCUT2D eigenvalue weighted by atomic mass is 10.2. The normalized spacial score (nSPS) is 11.2. The number of alkyl halides is 3. The summed E-state index contributed by atoms with van der Waals surface area (Å²) in [7, 11) is 0. The monoisotopic (exact) mass is 538 g/mol. The second-order valence-corrected chi connectivity index (χ2v) is 6.97. The zero-order valence-corrected chi connectivity index (χ0v) is 18.7. The Morgan fingerprint density at radius 1 is 0.935 bits per heavy atom. The molecule has 3 aromatic carbocycles. The van der Waals surface area contributed by atoms with Crippen molar-refractivity contribution in [2.24, 2.45) is 0 Å². The molecular weight excluding hydrogens is 518 g/mol. The SMILES string of the molecule is I.O=C(Cn1c[n+](Cc2ccccc2)c2ccccc21)Nc1cccc(C(F)(F)F)c1. The van der Waals surface area contributed by atoms with E-state index in [1.165, 1.54) is 12.1 Å². The van der Waals surface area contributed by atoms with Crippen molar-refractivity contribution >= 4 is 46.6 Å². The number of imidazole rings is 1. The number of anilines is 1. The summed E-state index contributed by atoms with van der Waals surface area (Å²) in [5.74, 6) is -0.401. The third-order valence-corrected chi connectivity index (χ3v) is 4.76. The molecule has 1 amide bonds. The lowest BCUT2D eigenvalue weighted by molar-refractivity contribution is -0.663. The van der Waals surface area contributed by atoms with Gasteiger partial charge in [-0.15, -0.1) is 24.0 Å². The molecule has 4 rings (SSSR count). The van der Waals surface area contributed by atoms with Gasteiger partial charge in [0.2, 0.25) is 6.33 Å². The third kappa shape index (κ3) is 5.43. The number of hydrogen-bond donors (Lipinski definition) is 1. The molecule has 4 aromatic rings. The van der Waals surface area contributed by atoms with Crippen molar-refractivity contribution < 1.29 is 22.5 Å².